The van der Waals surface area contributed by atoms with Gasteiger partial charge in [-0.1, -0.05) is 42.5 Å². The molecule has 0 fully saturated rings. The lowest BCUT2D eigenvalue weighted by Gasteiger charge is -2.05. The van der Waals surface area contributed by atoms with Crippen molar-refractivity contribution in [2.45, 2.75) is 20.3 Å². The topological polar surface area (TPSA) is 28.7 Å². The summed E-state index contributed by atoms with van der Waals surface area (Å²) in [5.41, 5.74) is 3.40. The molecular weight excluding hydrogens is 216 g/mol. The number of aromatic nitrogens is 2. The molecule has 1 aromatic heterocycles. The summed E-state index contributed by atoms with van der Waals surface area (Å²) in [6.45, 7) is 4.02. The fraction of sp³-hybridized carbons (Fsp3) is 0.231. The largest absolute Gasteiger partial charge is 0.347 e. The van der Waals surface area contributed by atoms with E-state index >= 15 is 0 Å². The van der Waals surface area contributed by atoms with Gasteiger partial charge in [0, 0.05) is 17.7 Å². The molecule has 2 aromatic rings. The van der Waals surface area contributed by atoms with E-state index in [4.69, 9.17) is 12.2 Å². The zero-order chi connectivity index (χ0) is 11.5. The Morgan fingerprint density at radius 1 is 1.19 bits per heavy atom. The van der Waals surface area contributed by atoms with Crippen molar-refractivity contribution in [1.82, 2.24) is 9.97 Å². The van der Waals surface area contributed by atoms with Gasteiger partial charge in [-0.2, -0.15) is 0 Å². The summed E-state index contributed by atoms with van der Waals surface area (Å²) < 4.78 is 0.696. The van der Waals surface area contributed by atoms with Gasteiger partial charge in [-0.15, -0.1) is 0 Å². The summed E-state index contributed by atoms with van der Waals surface area (Å²) in [4.78, 5) is 7.68. The van der Waals surface area contributed by atoms with Crippen LogP contribution in [0.3, 0.4) is 0 Å². The third-order valence-corrected chi connectivity index (χ3v) is 3.06. The Hall–Kier alpha value is -1.48. The van der Waals surface area contributed by atoms with E-state index in [-0.39, 0.29) is 0 Å². The Kier molecular flexibility index (Phi) is 3.15. The molecule has 1 aromatic carbocycles. The van der Waals surface area contributed by atoms with Crippen molar-refractivity contribution >= 4 is 12.2 Å². The van der Waals surface area contributed by atoms with Gasteiger partial charge in [-0.05, 0) is 19.4 Å². The minimum absolute atomic E-state index is 0.696. The molecule has 1 N–H and O–H groups in total. The van der Waals surface area contributed by atoms with E-state index in [9.17, 15) is 0 Å². The molecule has 1 heterocycles. The van der Waals surface area contributed by atoms with Crippen LogP contribution < -0.4 is 0 Å². The smallest absolute Gasteiger partial charge is 0.132 e. The maximum Gasteiger partial charge on any atom is 0.132 e. The molecule has 0 bridgehead atoms. The van der Waals surface area contributed by atoms with Crippen molar-refractivity contribution in [2.24, 2.45) is 0 Å². The molecule has 0 aliphatic rings. The van der Waals surface area contributed by atoms with Crippen LogP contribution >= 0.6 is 12.2 Å². The number of hydrogen-bond acceptors (Lipinski definition) is 2. The van der Waals surface area contributed by atoms with Gasteiger partial charge in [-0.25, -0.2) is 4.98 Å². The van der Waals surface area contributed by atoms with Crippen LogP contribution in [0.4, 0.5) is 0 Å². The van der Waals surface area contributed by atoms with Crippen molar-refractivity contribution < 1.29 is 0 Å². The fourth-order valence-electron chi connectivity index (χ4n) is 1.58. The molecule has 0 unspecified atom stereocenters. The van der Waals surface area contributed by atoms with Crippen LogP contribution in [0.1, 0.15) is 22.6 Å². The van der Waals surface area contributed by atoms with Crippen molar-refractivity contribution in [3.8, 4) is 0 Å². The lowest BCUT2D eigenvalue weighted by atomic mass is 10.1. The normalized spacial score (nSPS) is 10.4. The standard InChI is InChI=1S/C13H14N2S/c1-9-10(2)14-12(15-13(9)16)8-11-6-4-3-5-7-11/h3-7H,8H2,1-2H3,(H,14,15,16). The molecule has 3 heteroatoms. The first-order valence-electron chi connectivity index (χ1n) is 5.27. The number of aromatic amines is 1. The maximum atomic E-state index is 5.21. The summed E-state index contributed by atoms with van der Waals surface area (Å²) in [5, 5.41) is 0. The summed E-state index contributed by atoms with van der Waals surface area (Å²) >= 11 is 5.21. The van der Waals surface area contributed by atoms with Crippen LogP contribution in [0.5, 0.6) is 0 Å². The third-order valence-electron chi connectivity index (χ3n) is 2.67. The van der Waals surface area contributed by atoms with E-state index < -0.39 is 0 Å². The number of aryl methyl sites for hydroxylation is 1. The fourth-order valence-corrected chi connectivity index (χ4v) is 1.84. The van der Waals surface area contributed by atoms with E-state index in [0.29, 0.717) is 4.64 Å². The number of H-pyrrole nitrogens is 1. The first-order valence-corrected chi connectivity index (χ1v) is 5.68. The number of nitrogens with one attached hydrogen (secondary N) is 1. The predicted octanol–water partition coefficient (Wildman–Crippen LogP) is 3.35. The van der Waals surface area contributed by atoms with Crippen LogP contribution in [0.15, 0.2) is 30.3 Å². The summed E-state index contributed by atoms with van der Waals surface area (Å²) in [6, 6.07) is 10.3. The molecule has 0 saturated heterocycles. The van der Waals surface area contributed by atoms with Crippen molar-refractivity contribution in [1.29, 1.82) is 0 Å². The monoisotopic (exact) mass is 230 g/mol. The maximum absolute atomic E-state index is 5.21. The lowest BCUT2D eigenvalue weighted by Crippen LogP contribution is -2.01. The van der Waals surface area contributed by atoms with Crippen LogP contribution in [0.25, 0.3) is 0 Å². The van der Waals surface area contributed by atoms with Gasteiger partial charge in [-0.3, -0.25) is 0 Å². The van der Waals surface area contributed by atoms with Crippen LogP contribution in [-0.2, 0) is 6.42 Å². The number of nitrogens with zero attached hydrogens (tertiary/aromatic N) is 1. The zero-order valence-electron chi connectivity index (χ0n) is 9.45. The molecule has 0 amide bonds. The molecule has 0 saturated carbocycles. The molecule has 2 nitrogen and oxygen atoms in total. The van der Waals surface area contributed by atoms with Gasteiger partial charge in [0.2, 0.25) is 0 Å². The molecule has 0 radical (unpaired) electrons. The van der Waals surface area contributed by atoms with E-state index in [1.54, 1.807) is 0 Å². The molecule has 0 spiro atoms. The molecule has 0 aliphatic carbocycles. The summed E-state index contributed by atoms with van der Waals surface area (Å²) in [5.74, 6) is 0.930. The van der Waals surface area contributed by atoms with Crippen LogP contribution in [0, 0.1) is 18.5 Å². The highest BCUT2D eigenvalue weighted by Gasteiger charge is 2.01. The first-order chi connectivity index (χ1) is 7.66. The number of benzene rings is 1. The molecule has 16 heavy (non-hydrogen) atoms. The Balaban J connectivity index is 2.33. The van der Waals surface area contributed by atoms with E-state index in [1.165, 1.54) is 5.56 Å². The highest BCUT2D eigenvalue weighted by molar-refractivity contribution is 7.71. The van der Waals surface area contributed by atoms with Gasteiger partial charge in [0.05, 0.1) is 0 Å². The zero-order valence-corrected chi connectivity index (χ0v) is 10.3. The average Bonchev–Trinajstić information content (AvgIpc) is 2.27. The summed E-state index contributed by atoms with van der Waals surface area (Å²) in [7, 11) is 0. The quantitative estimate of drug-likeness (QED) is 0.801. The lowest BCUT2D eigenvalue weighted by molar-refractivity contribution is 0.918. The van der Waals surface area contributed by atoms with E-state index in [0.717, 1.165) is 23.5 Å². The van der Waals surface area contributed by atoms with Gasteiger partial charge < -0.3 is 4.98 Å². The SMILES string of the molecule is Cc1[nH]c(Cc2ccccc2)nc(=S)c1C. The molecule has 2 rings (SSSR count). The van der Waals surface area contributed by atoms with Crippen molar-refractivity contribution in [3.63, 3.8) is 0 Å². The highest BCUT2D eigenvalue weighted by Crippen LogP contribution is 2.09. The van der Waals surface area contributed by atoms with Gasteiger partial charge in [0.1, 0.15) is 10.5 Å². The minimum Gasteiger partial charge on any atom is -0.347 e. The van der Waals surface area contributed by atoms with Gasteiger partial charge >= 0.3 is 0 Å². The third kappa shape index (κ3) is 2.36. The molecule has 0 atom stereocenters. The number of rotatable bonds is 2. The van der Waals surface area contributed by atoms with Crippen LogP contribution in [-0.4, -0.2) is 9.97 Å². The Bertz CT molecular complexity index is 544. The minimum atomic E-state index is 0.696. The second kappa shape index (κ2) is 4.58. The Labute approximate surface area is 100 Å². The summed E-state index contributed by atoms with van der Waals surface area (Å²) in [6.07, 6.45) is 0.797. The second-order valence-corrected chi connectivity index (χ2v) is 4.29. The van der Waals surface area contributed by atoms with Crippen LogP contribution in [0.2, 0.25) is 0 Å². The predicted molar refractivity (Wildman–Crippen MR) is 68.1 cm³/mol. The Morgan fingerprint density at radius 3 is 2.50 bits per heavy atom. The number of hydrogen-bond donors (Lipinski definition) is 1. The molecule has 82 valence electrons. The van der Waals surface area contributed by atoms with Crippen molar-refractivity contribution in [3.05, 3.63) is 57.6 Å². The van der Waals surface area contributed by atoms with Crippen molar-refractivity contribution in [2.75, 3.05) is 0 Å². The first kappa shape index (κ1) is 11.0. The second-order valence-electron chi connectivity index (χ2n) is 3.90. The van der Waals surface area contributed by atoms with Gasteiger partial charge in [0.15, 0.2) is 0 Å². The molecule has 0 aliphatic heterocycles. The van der Waals surface area contributed by atoms with Gasteiger partial charge in [0.25, 0.3) is 0 Å². The molecular formula is C13H14N2S. The average molecular weight is 230 g/mol. The van der Waals surface area contributed by atoms with E-state index in [2.05, 4.69) is 22.1 Å². The highest BCUT2D eigenvalue weighted by atomic mass is 32.1. The van der Waals surface area contributed by atoms with E-state index in [1.807, 2.05) is 32.0 Å². The Morgan fingerprint density at radius 2 is 1.88 bits per heavy atom.